The highest BCUT2D eigenvalue weighted by molar-refractivity contribution is 6.28. The lowest BCUT2D eigenvalue weighted by atomic mass is 10.2. The fourth-order valence-corrected chi connectivity index (χ4v) is 2.55. The molecule has 0 bridgehead atoms. The number of imidazole rings is 1. The Hall–Kier alpha value is -1.10. The number of aryl methyl sites for hydroxylation is 1. The summed E-state index contributed by atoms with van der Waals surface area (Å²) in [5, 5.41) is 0.535. The molecule has 0 aliphatic carbocycles. The van der Waals surface area contributed by atoms with E-state index in [0.717, 1.165) is 44.1 Å². The van der Waals surface area contributed by atoms with E-state index in [-0.39, 0.29) is 0 Å². The molecule has 18 heavy (non-hydrogen) atoms. The Morgan fingerprint density at radius 1 is 1.39 bits per heavy atom. The maximum Gasteiger partial charge on any atom is 0.207 e. The monoisotopic (exact) mass is 265 g/mol. The first-order chi connectivity index (χ1) is 8.74. The predicted octanol–water partition coefficient (Wildman–Crippen LogP) is 2.13. The smallest absolute Gasteiger partial charge is 0.207 e. The predicted molar refractivity (Wildman–Crippen MR) is 71.0 cm³/mol. The summed E-state index contributed by atoms with van der Waals surface area (Å²) < 4.78 is 7.29. The van der Waals surface area contributed by atoms with Crippen molar-refractivity contribution >= 4 is 17.1 Å². The van der Waals surface area contributed by atoms with Crippen LogP contribution in [0.2, 0.25) is 5.28 Å². The largest absolute Gasteiger partial charge is 0.379 e. The van der Waals surface area contributed by atoms with Gasteiger partial charge in [0.2, 0.25) is 5.28 Å². The number of fused-ring (bicyclic) bond motifs is 1. The average molecular weight is 266 g/mol. The first-order valence-corrected chi connectivity index (χ1v) is 6.55. The van der Waals surface area contributed by atoms with Crippen molar-refractivity contribution in [2.24, 2.45) is 0 Å². The Morgan fingerprint density at radius 2 is 2.17 bits per heavy atom. The van der Waals surface area contributed by atoms with Gasteiger partial charge in [-0.1, -0.05) is 0 Å². The topological polar surface area (TPSA) is 29.8 Å². The number of hydrogen-bond acceptors (Lipinski definition) is 3. The van der Waals surface area contributed by atoms with E-state index in [1.807, 2.05) is 16.7 Å². The van der Waals surface area contributed by atoms with Crippen molar-refractivity contribution < 1.29 is 4.74 Å². The van der Waals surface area contributed by atoms with Gasteiger partial charge in [0.25, 0.3) is 0 Å². The van der Waals surface area contributed by atoms with Crippen molar-refractivity contribution in [2.75, 3.05) is 26.3 Å². The zero-order chi connectivity index (χ0) is 12.5. The summed E-state index contributed by atoms with van der Waals surface area (Å²) in [7, 11) is 0. The average Bonchev–Trinajstić information content (AvgIpc) is 2.67. The van der Waals surface area contributed by atoms with Crippen LogP contribution in [-0.2, 0) is 11.3 Å². The summed E-state index contributed by atoms with van der Waals surface area (Å²) in [6, 6.07) is 4.17. The molecule has 0 aromatic carbocycles. The molecular formula is C13H16ClN3O. The van der Waals surface area contributed by atoms with Crippen LogP contribution in [0.1, 0.15) is 11.3 Å². The minimum Gasteiger partial charge on any atom is -0.379 e. The summed E-state index contributed by atoms with van der Waals surface area (Å²) in [5.74, 6) is 0. The molecule has 1 saturated heterocycles. The lowest BCUT2D eigenvalue weighted by Crippen LogP contribution is -2.35. The fourth-order valence-electron chi connectivity index (χ4n) is 2.30. The second kappa shape index (κ2) is 4.88. The van der Waals surface area contributed by atoms with Crippen molar-refractivity contribution in [3.8, 4) is 0 Å². The minimum absolute atomic E-state index is 0.535. The highest BCUT2D eigenvalue weighted by Gasteiger charge is 2.15. The standard InChI is InChI=1S/C13H16ClN3O/c1-10-2-3-17-12(8-10)11(15-13(17)14)9-16-4-6-18-7-5-16/h2-3,8H,4-7,9H2,1H3. The van der Waals surface area contributed by atoms with Gasteiger partial charge in [0.1, 0.15) is 0 Å². The second-order valence-electron chi connectivity index (χ2n) is 4.68. The number of halogens is 1. The molecule has 0 N–H and O–H groups in total. The highest BCUT2D eigenvalue weighted by atomic mass is 35.5. The zero-order valence-electron chi connectivity index (χ0n) is 10.4. The van der Waals surface area contributed by atoms with Gasteiger partial charge in [-0.25, -0.2) is 4.98 Å². The van der Waals surface area contributed by atoms with Crippen LogP contribution >= 0.6 is 11.6 Å². The Morgan fingerprint density at radius 3 is 2.94 bits per heavy atom. The summed E-state index contributed by atoms with van der Waals surface area (Å²) >= 11 is 6.16. The molecule has 96 valence electrons. The number of pyridine rings is 1. The molecule has 0 saturated carbocycles. The molecule has 1 aliphatic rings. The van der Waals surface area contributed by atoms with Crippen LogP contribution in [0.3, 0.4) is 0 Å². The van der Waals surface area contributed by atoms with Gasteiger partial charge in [-0.05, 0) is 36.2 Å². The van der Waals surface area contributed by atoms with Crippen LogP contribution in [0, 0.1) is 6.92 Å². The van der Waals surface area contributed by atoms with Gasteiger partial charge in [0, 0.05) is 25.8 Å². The molecule has 3 rings (SSSR count). The first-order valence-electron chi connectivity index (χ1n) is 6.17. The van der Waals surface area contributed by atoms with E-state index in [1.165, 1.54) is 5.56 Å². The SMILES string of the molecule is Cc1ccn2c(Cl)nc(CN3CCOCC3)c2c1. The normalized spacial score (nSPS) is 17.4. The van der Waals surface area contributed by atoms with Crippen LogP contribution in [0.4, 0.5) is 0 Å². The van der Waals surface area contributed by atoms with Gasteiger partial charge in [-0.2, -0.15) is 0 Å². The van der Waals surface area contributed by atoms with Gasteiger partial charge in [-0.15, -0.1) is 0 Å². The summed E-state index contributed by atoms with van der Waals surface area (Å²) in [5.41, 5.74) is 3.37. The van der Waals surface area contributed by atoms with E-state index in [2.05, 4.69) is 22.9 Å². The number of rotatable bonds is 2. The van der Waals surface area contributed by atoms with Crippen molar-refractivity contribution in [1.82, 2.24) is 14.3 Å². The minimum atomic E-state index is 0.535. The lowest BCUT2D eigenvalue weighted by molar-refractivity contribution is 0.0339. The van der Waals surface area contributed by atoms with Crippen LogP contribution < -0.4 is 0 Å². The van der Waals surface area contributed by atoms with Crippen molar-refractivity contribution in [1.29, 1.82) is 0 Å². The first kappa shape index (κ1) is 12.0. The van der Waals surface area contributed by atoms with E-state index < -0.39 is 0 Å². The molecule has 0 spiro atoms. The molecule has 3 heterocycles. The van der Waals surface area contributed by atoms with Gasteiger partial charge < -0.3 is 4.74 Å². The maximum atomic E-state index is 6.16. The van der Waals surface area contributed by atoms with Crippen LogP contribution in [0.5, 0.6) is 0 Å². The molecule has 5 heteroatoms. The van der Waals surface area contributed by atoms with Crippen LogP contribution in [0.25, 0.3) is 5.52 Å². The van der Waals surface area contributed by atoms with E-state index >= 15 is 0 Å². The summed E-state index contributed by atoms with van der Waals surface area (Å²) in [6.07, 6.45) is 1.98. The Bertz CT molecular complexity index is 561. The molecule has 0 amide bonds. The van der Waals surface area contributed by atoms with Gasteiger partial charge in [0.05, 0.1) is 24.4 Å². The molecule has 0 unspecified atom stereocenters. The van der Waals surface area contributed by atoms with Crippen LogP contribution in [0.15, 0.2) is 18.3 Å². The molecule has 0 radical (unpaired) electrons. The zero-order valence-corrected chi connectivity index (χ0v) is 11.2. The van der Waals surface area contributed by atoms with Gasteiger partial charge in [0.15, 0.2) is 0 Å². The van der Waals surface area contributed by atoms with E-state index in [4.69, 9.17) is 16.3 Å². The van der Waals surface area contributed by atoms with Crippen molar-refractivity contribution in [3.05, 3.63) is 34.9 Å². The highest BCUT2D eigenvalue weighted by Crippen LogP contribution is 2.20. The summed E-state index contributed by atoms with van der Waals surface area (Å²) in [6.45, 7) is 6.45. The quantitative estimate of drug-likeness (QED) is 0.833. The third-order valence-corrected chi connectivity index (χ3v) is 3.58. The Labute approximate surface area is 111 Å². The van der Waals surface area contributed by atoms with Crippen molar-refractivity contribution in [3.63, 3.8) is 0 Å². The van der Waals surface area contributed by atoms with E-state index in [0.29, 0.717) is 5.28 Å². The Balaban J connectivity index is 1.93. The third kappa shape index (κ3) is 2.23. The molecule has 2 aromatic rings. The molecule has 1 aliphatic heterocycles. The van der Waals surface area contributed by atoms with Crippen molar-refractivity contribution in [2.45, 2.75) is 13.5 Å². The molecular weight excluding hydrogens is 250 g/mol. The number of aromatic nitrogens is 2. The fraction of sp³-hybridized carbons (Fsp3) is 0.462. The third-order valence-electron chi connectivity index (χ3n) is 3.31. The molecule has 4 nitrogen and oxygen atoms in total. The lowest BCUT2D eigenvalue weighted by Gasteiger charge is -2.25. The Kier molecular flexibility index (Phi) is 3.24. The molecule has 2 aromatic heterocycles. The van der Waals surface area contributed by atoms with E-state index in [9.17, 15) is 0 Å². The molecule has 0 atom stereocenters. The summed E-state index contributed by atoms with van der Waals surface area (Å²) in [4.78, 5) is 6.82. The number of nitrogens with zero attached hydrogens (tertiary/aromatic N) is 3. The van der Waals surface area contributed by atoms with Crippen LogP contribution in [-0.4, -0.2) is 40.6 Å². The number of ether oxygens (including phenoxy) is 1. The number of morpholine rings is 1. The second-order valence-corrected chi connectivity index (χ2v) is 5.01. The molecule has 1 fully saturated rings. The number of hydrogen-bond donors (Lipinski definition) is 0. The van der Waals surface area contributed by atoms with E-state index in [1.54, 1.807) is 0 Å². The van der Waals surface area contributed by atoms with Gasteiger partial charge in [-0.3, -0.25) is 9.30 Å². The maximum absolute atomic E-state index is 6.16. The van der Waals surface area contributed by atoms with Gasteiger partial charge >= 0.3 is 0 Å².